The third-order valence-corrected chi connectivity index (χ3v) is 7.30. The van der Waals surface area contributed by atoms with E-state index >= 15 is 0 Å². The summed E-state index contributed by atoms with van der Waals surface area (Å²) in [6.45, 7) is 0. The summed E-state index contributed by atoms with van der Waals surface area (Å²) in [6.07, 6.45) is 5.85. The van der Waals surface area contributed by atoms with Crippen molar-refractivity contribution in [2.24, 2.45) is 0 Å². The first-order chi connectivity index (χ1) is 18.5. The Morgan fingerprint density at radius 2 is 1.55 bits per heavy atom. The highest BCUT2D eigenvalue weighted by molar-refractivity contribution is 5.93. The van der Waals surface area contributed by atoms with Crippen molar-refractivity contribution in [2.75, 3.05) is 5.73 Å². The summed E-state index contributed by atoms with van der Waals surface area (Å²) < 4.78 is 8.50. The summed E-state index contributed by atoms with van der Waals surface area (Å²) >= 11 is 0. The van der Waals surface area contributed by atoms with Crippen LogP contribution in [0, 0.1) is 0 Å². The summed E-state index contributed by atoms with van der Waals surface area (Å²) in [7, 11) is 0. The van der Waals surface area contributed by atoms with Crippen LogP contribution in [0.5, 0.6) is 11.5 Å². The van der Waals surface area contributed by atoms with Crippen molar-refractivity contribution in [2.45, 2.75) is 38.1 Å². The fourth-order valence-electron chi connectivity index (χ4n) is 5.37. The van der Waals surface area contributed by atoms with E-state index in [-0.39, 0.29) is 5.56 Å². The van der Waals surface area contributed by atoms with Gasteiger partial charge in [-0.2, -0.15) is 0 Å². The van der Waals surface area contributed by atoms with E-state index in [1.807, 2.05) is 78.9 Å². The van der Waals surface area contributed by atoms with Crippen molar-refractivity contribution in [3.8, 4) is 34.0 Å². The number of imidazole rings is 1. The molecule has 3 N–H and O–H groups in total. The lowest BCUT2D eigenvalue weighted by Crippen LogP contribution is -2.14. The van der Waals surface area contributed by atoms with Crippen molar-refractivity contribution < 1.29 is 14.6 Å². The van der Waals surface area contributed by atoms with Gasteiger partial charge in [0, 0.05) is 17.3 Å². The van der Waals surface area contributed by atoms with Gasteiger partial charge in [0.05, 0.1) is 16.6 Å². The SMILES string of the molecule is Nc1ccc(-c2cccc(Oc3ccc(-c4nc5cc(C(=O)O)ccc5n4C4CCCCC4)cc3)c2)cc1. The number of carboxylic acid groups (broad SMARTS) is 1. The van der Waals surface area contributed by atoms with Crippen LogP contribution in [-0.4, -0.2) is 20.6 Å². The third-order valence-electron chi connectivity index (χ3n) is 7.30. The number of nitrogens with two attached hydrogens (primary N) is 1. The maximum Gasteiger partial charge on any atom is 0.335 e. The molecular weight excluding hydrogens is 474 g/mol. The maximum atomic E-state index is 11.6. The van der Waals surface area contributed by atoms with Crippen molar-refractivity contribution >= 4 is 22.7 Å². The van der Waals surface area contributed by atoms with E-state index in [0.29, 0.717) is 11.6 Å². The number of anilines is 1. The number of hydrogen-bond donors (Lipinski definition) is 2. The number of nitrogens with zero attached hydrogens (tertiary/aromatic N) is 2. The van der Waals surface area contributed by atoms with Gasteiger partial charge in [0.1, 0.15) is 17.3 Å². The Balaban J connectivity index is 1.31. The number of aromatic nitrogens is 2. The van der Waals surface area contributed by atoms with Crippen LogP contribution < -0.4 is 10.5 Å². The van der Waals surface area contributed by atoms with E-state index in [9.17, 15) is 9.90 Å². The second-order valence-corrected chi connectivity index (χ2v) is 9.88. The van der Waals surface area contributed by atoms with Crippen LogP contribution >= 0.6 is 0 Å². The number of ether oxygens (including phenoxy) is 1. The third kappa shape index (κ3) is 4.73. The first-order valence-electron chi connectivity index (χ1n) is 13.0. The average molecular weight is 504 g/mol. The fraction of sp³-hybridized carbons (Fsp3) is 0.188. The molecule has 0 amide bonds. The molecule has 0 atom stereocenters. The molecule has 38 heavy (non-hydrogen) atoms. The molecule has 1 saturated carbocycles. The standard InChI is InChI=1S/C32H29N3O3/c33-25-14-9-21(10-15-25)23-5-4-8-28(19-23)38-27-16-11-22(12-17-27)31-34-29-20-24(32(36)37)13-18-30(29)35(31)26-6-2-1-3-7-26/h4-5,8-20,26H,1-3,6-7,33H2,(H,36,37). The van der Waals surface area contributed by atoms with Crippen LogP contribution in [0.2, 0.25) is 0 Å². The number of aromatic carboxylic acids is 1. The van der Waals surface area contributed by atoms with Gasteiger partial charge in [0.25, 0.3) is 0 Å². The van der Waals surface area contributed by atoms with E-state index < -0.39 is 5.97 Å². The molecule has 1 fully saturated rings. The van der Waals surface area contributed by atoms with Crippen molar-refractivity contribution in [3.63, 3.8) is 0 Å². The number of hydrogen-bond acceptors (Lipinski definition) is 4. The second-order valence-electron chi connectivity index (χ2n) is 9.88. The molecule has 1 aliphatic rings. The normalized spacial score (nSPS) is 14.0. The molecule has 0 spiro atoms. The molecular formula is C32H29N3O3. The van der Waals surface area contributed by atoms with Crippen LogP contribution in [0.3, 0.4) is 0 Å². The average Bonchev–Trinajstić information content (AvgIpc) is 3.33. The van der Waals surface area contributed by atoms with Crippen LogP contribution in [0.25, 0.3) is 33.5 Å². The Morgan fingerprint density at radius 1 is 0.816 bits per heavy atom. The monoisotopic (exact) mass is 503 g/mol. The largest absolute Gasteiger partial charge is 0.478 e. The molecule has 6 heteroatoms. The van der Waals surface area contributed by atoms with Gasteiger partial charge in [-0.05, 0) is 90.7 Å². The predicted octanol–water partition coefficient (Wildman–Crippen LogP) is 7.95. The molecule has 0 radical (unpaired) electrons. The Bertz CT molecular complexity index is 1600. The molecule has 0 bridgehead atoms. The highest BCUT2D eigenvalue weighted by Gasteiger charge is 2.23. The quantitative estimate of drug-likeness (QED) is 0.230. The molecule has 4 aromatic carbocycles. The van der Waals surface area contributed by atoms with Crippen molar-refractivity contribution in [3.05, 3.63) is 96.6 Å². The summed E-state index contributed by atoms with van der Waals surface area (Å²) in [5.74, 6) is 1.41. The van der Waals surface area contributed by atoms with Gasteiger partial charge in [-0.3, -0.25) is 0 Å². The van der Waals surface area contributed by atoms with Gasteiger partial charge in [0.2, 0.25) is 0 Å². The second kappa shape index (κ2) is 10.1. The Hall–Kier alpha value is -4.58. The molecule has 1 aliphatic carbocycles. The lowest BCUT2D eigenvalue weighted by Gasteiger charge is -2.25. The molecule has 0 aliphatic heterocycles. The van der Waals surface area contributed by atoms with Gasteiger partial charge in [-0.25, -0.2) is 9.78 Å². The molecule has 6 rings (SSSR count). The zero-order chi connectivity index (χ0) is 26.1. The van der Waals surface area contributed by atoms with Gasteiger partial charge in [0.15, 0.2) is 0 Å². The first kappa shape index (κ1) is 23.8. The Morgan fingerprint density at radius 3 is 2.29 bits per heavy atom. The Labute approximate surface area is 221 Å². The van der Waals surface area contributed by atoms with Crippen LogP contribution in [0.15, 0.2) is 91.0 Å². The molecule has 0 unspecified atom stereocenters. The minimum atomic E-state index is -0.942. The van der Waals surface area contributed by atoms with Gasteiger partial charge >= 0.3 is 5.97 Å². The maximum absolute atomic E-state index is 11.6. The van der Waals surface area contributed by atoms with Gasteiger partial charge < -0.3 is 20.1 Å². The Kier molecular flexibility index (Phi) is 6.30. The van der Waals surface area contributed by atoms with E-state index in [1.165, 1.54) is 19.3 Å². The molecule has 190 valence electrons. The minimum Gasteiger partial charge on any atom is -0.478 e. The number of carbonyl (C=O) groups is 1. The van der Waals surface area contributed by atoms with Gasteiger partial charge in [-0.1, -0.05) is 43.5 Å². The van der Waals surface area contributed by atoms with E-state index in [2.05, 4.69) is 4.57 Å². The van der Waals surface area contributed by atoms with Crippen LogP contribution in [0.4, 0.5) is 5.69 Å². The highest BCUT2D eigenvalue weighted by Crippen LogP contribution is 2.37. The molecule has 1 heterocycles. The zero-order valence-electron chi connectivity index (χ0n) is 21.0. The molecule has 1 aromatic heterocycles. The minimum absolute atomic E-state index is 0.252. The van der Waals surface area contributed by atoms with Crippen molar-refractivity contribution in [1.82, 2.24) is 9.55 Å². The summed E-state index contributed by atoms with van der Waals surface area (Å²) in [6, 6.07) is 29.3. The zero-order valence-corrected chi connectivity index (χ0v) is 21.0. The number of fused-ring (bicyclic) bond motifs is 1. The molecule has 0 saturated heterocycles. The van der Waals surface area contributed by atoms with Crippen LogP contribution in [-0.2, 0) is 0 Å². The molecule has 6 nitrogen and oxygen atoms in total. The summed E-state index contributed by atoms with van der Waals surface area (Å²) in [4.78, 5) is 16.5. The van der Waals surface area contributed by atoms with E-state index in [1.54, 1.807) is 12.1 Å². The topological polar surface area (TPSA) is 90.4 Å². The highest BCUT2D eigenvalue weighted by atomic mass is 16.5. The predicted molar refractivity (Wildman–Crippen MR) is 151 cm³/mol. The number of benzene rings is 4. The number of carboxylic acids is 1. The smallest absolute Gasteiger partial charge is 0.335 e. The van der Waals surface area contributed by atoms with E-state index in [0.717, 1.165) is 58.1 Å². The fourth-order valence-corrected chi connectivity index (χ4v) is 5.37. The number of nitrogen functional groups attached to an aromatic ring is 1. The lowest BCUT2D eigenvalue weighted by molar-refractivity contribution is 0.0697. The van der Waals surface area contributed by atoms with Crippen LogP contribution in [0.1, 0.15) is 48.5 Å². The van der Waals surface area contributed by atoms with Crippen molar-refractivity contribution in [1.29, 1.82) is 0 Å². The van der Waals surface area contributed by atoms with Gasteiger partial charge in [-0.15, -0.1) is 0 Å². The van der Waals surface area contributed by atoms with E-state index in [4.69, 9.17) is 15.5 Å². The summed E-state index contributed by atoms with van der Waals surface area (Å²) in [5, 5.41) is 9.48. The summed E-state index contributed by atoms with van der Waals surface area (Å²) in [5.41, 5.74) is 11.6. The molecule has 5 aromatic rings. The first-order valence-corrected chi connectivity index (χ1v) is 13.0. The number of rotatable bonds is 6. The lowest BCUT2D eigenvalue weighted by atomic mass is 9.95.